The van der Waals surface area contributed by atoms with Gasteiger partial charge in [-0.1, -0.05) is 0 Å². The quantitative estimate of drug-likeness (QED) is 0.267. The fourth-order valence-electron chi connectivity index (χ4n) is 0.458. The average molecular weight is 166 g/mol. The summed E-state index contributed by atoms with van der Waals surface area (Å²) >= 11 is 4.08. The molecule has 0 radical (unpaired) electrons. The Balaban J connectivity index is 2.60. The highest BCUT2D eigenvalue weighted by atomic mass is 32.1. The van der Waals surface area contributed by atoms with E-state index in [0.717, 1.165) is 5.75 Å². The summed E-state index contributed by atoms with van der Waals surface area (Å²) < 4.78 is 9.88. The van der Waals surface area contributed by atoms with Crippen LogP contribution in [0.1, 0.15) is 6.42 Å². The molecule has 0 amide bonds. The van der Waals surface area contributed by atoms with E-state index in [-0.39, 0.29) is 9.76 Å². The second kappa shape index (κ2) is 8.49. The number of thiol groups is 1. The van der Waals surface area contributed by atoms with Crippen LogP contribution in [-0.2, 0) is 9.16 Å². The lowest BCUT2D eigenvalue weighted by Gasteiger charge is -1.99. The molecule has 0 saturated heterocycles. The SMILES string of the molecule is COCO[SiH2]CCCS. The molecule has 0 aliphatic rings. The van der Waals surface area contributed by atoms with E-state index in [0.29, 0.717) is 6.79 Å². The number of ether oxygens (including phenoxy) is 1. The topological polar surface area (TPSA) is 18.5 Å². The van der Waals surface area contributed by atoms with Crippen LogP contribution in [0.25, 0.3) is 0 Å². The van der Waals surface area contributed by atoms with E-state index in [1.165, 1.54) is 12.5 Å². The summed E-state index contributed by atoms with van der Waals surface area (Å²) in [6.07, 6.45) is 1.18. The molecule has 0 aliphatic heterocycles. The van der Waals surface area contributed by atoms with Gasteiger partial charge in [0.2, 0.25) is 0 Å². The van der Waals surface area contributed by atoms with E-state index in [2.05, 4.69) is 12.6 Å². The predicted octanol–water partition coefficient (Wildman–Crippen LogP) is 0.429. The van der Waals surface area contributed by atoms with Gasteiger partial charge in [0.05, 0.1) is 0 Å². The van der Waals surface area contributed by atoms with E-state index < -0.39 is 0 Å². The smallest absolute Gasteiger partial charge is 0.164 e. The molecule has 0 rings (SSSR count). The average Bonchev–Trinajstić information content (AvgIpc) is 1.89. The Morgan fingerprint density at radius 1 is 1.56 bits per heavy atom. The van der Waals surface area contributed by atoms with Crippen LogP contribution in [0.4, 0.5) is 0 Å². The maximum Gasteiger partial charge on any atom is 0.164 e. The zero-order chi connectivity index (χ0) is 6.95. The Bertz CT molecular complexity index is 48.2. The predicted molar refractivity (Wildman–Crippen MR) is 44.8 cm³/mol. The molecule has 0 saturated carbocycles. The minimum Gasteiger partial charge on any atom is -0.402 e. The molecular weight excluding hydrogens is 152 g/mol. The van der Waals surface area contributed by atoms with Crippen molar-refractivity contribution in [2.75, 3.05) is 19.7 Å². The summed E-state index contributed by atoms with van der Waals surface area (Å²) in [4.78, 5) is 0. The molecule has 0 atom stereocenters. The monoisotopic (exact) mass is 166 g/mol. The first-order chi connectivity index (χ1) is 4.41. The molecule has 0 bridgehead atoms. The van der Waals surface area contributed by atoms with Crippen LogP contribution in [0.15, 0.2) is 0 Å². The molecule has 0 aromatic heterocycles. The lowest BCUT2D eigenvalue weighted by Crippen LogP contribution is -2.01. The second-order valence-electron chi connectivity index (χ2n) is 1.75. The first-order valence-corrected chi connectivity index (χ1v) is 5.30. The van der Waals surface area contributed by atoms with Gasteiger partial charge >= 0.3 is 0 Å². The van der Waals surface area contributed by atoms with Crippen LogP contribution in [0, 0.1) is 0 Å². The zero-order valence-corrected chi connectivity index (χ0v) is 8.11. The number of hydrogen-bond acceptors (Lipinski definition) is 3. The molecular formula is C5H14O2SSi. The molecule has 0 aliphatic carbocycles. The van der Waals surface area contributed by atoms with E-state index in [1.807, 2.05) is 0 Å². The van der Waals surface area contributed by atoms with Gasteiger partial charge in [-0.25, -0.2) is 0 Å². The lowest BCUT2D eigenvalue weighted by molar-refractivity contribution is 0.0536. The fraction of sp³-hybridized carbons (Fsp3) is 1.00. The maximum atomic E-state index is 5.17. The summed E-state index contributed by atoms with van der Waals surface area (Å²) in [6, 6.07) is 1.22. The zero-order valence-electron chi connectivity index (χ0n) is 5.80. The first kappa shape index (κ1) is 9.49. The number of rotatable bonds is 6. The molecule has 0 aromatic carbocycles. The van der Waals surface area contributed by atoms with Crippen LogP contribution in [-0.4, -0.2) is 29.4 Å². The van der Waals surface area contributed by atoms with Crippen molar-refractivity contribution < 1.29 is 9.16 Å². The Kier molecular flexibility index (Phi) is 8.95. The second-order valence-corrected chi connectivity index (χ2v) is 3.72. The molecule has 0 aromatic rings. The summed E-state index contributed by atoms with van der Waals surface area (Å²) in [5.74, 6) is 0.976. The van der Waals surface area contributed by atoms with E-state index in [1.54, 1.807) is 7.11 Å². The Morgan fingerprint density at radius 3 is 2.89 bits per heavy atom. The van der Waals surface area contributed by atoms with Crippen molar-refractivity contribution in [3.8, 4) is 0 Å². The van der Waals surface area contributed by atoms with Gasteiger partial charge in [0.15, 0.2) is 9.76 Å². The largest absolute Gasteiger partial charge is 0.402 e. The standard InChI is InChI=1S/C5H14O2SSi/c1-6-5-7-9-4-2-3-8/h8H,2-5,9H2,1H3. The van der Waals surface area contributed by atoms with Crippen LogP contribution in [0.3, 0.4) is 0 Å². The van der Waals surface area contributed by atoms with Crippen molar-refractivity contribution in [2.45, 2.75) is 12.5 Å². The molecule has 4 heteroatoms. The minimum absolute atomic E-state index is 0.285. The highest BCUT2D eigenvalue weighted by Crippen LogP contribution is 1.90. The summed E-state index contributed by atoms with van der Waals surface area (Å²) in [5.41, 5.74) is 0. The third-order valence-electron chi connectivity index (χ3n) is 0.898. The van der Waals surface area contributed by atoms with Crippen molar-refractivity contribution in [2.24, 2.45) is 0 Å². The van der Waals surface area contributed by atoms with Gasteiger partial charge in [-0.2, -0.15) is 12.6 Å². The van der Waals surface area contributed by atoms with Crippen LogP contribution >= 0.6 is 12.6 Å². The fourth-order valence-corrected chi connectivity index (χ4v) is 2.05. The molecule has 9 heavy (non-hydrogen) atoms. The Morgan fingerprint density at radius 2 is 2.33 bits per heavy atom. The van der Waals surface area contributed by atoms with E-state index >= 15 is 0 Å². The summed E-state index contributed by atoms with van der Waals surface area (Å²) in [6.45, 7) is 0.471. The van der Waals surface area contributed by atoms with Gasteiger partial charge in [0.25, 0.3) is 0 Å². The minimum atomic E-state index is -0.285. The van der Waals surface area contributed by atoms with Crippen molar-refractivity contribution >= 4 is 22.4 Å². The lowest BCUT2D eigenvalue weighted by atomic mass is 10.6. The van der Waals surface area contributed by atoms with Gasteiger partial charge in [-0.15, -0.1) is 0 Å². The van der Waals surface area contributed by atoms with Gasteiger partial charge in [-0.05, 0) is 18.2 Å². The van der Waals surface area contributed by atoms with E-state index in [9.17, 15) is 0 Å². The van der Waals surface area contributed by atoms with Gasteiger partial charge in [-0.3, -0.25) is 0 Å². The van der Waals surface area contributed by atoms with Gasteiger partial charge in [0, 0.05) is 7.11 Å². The summed E-state index contributed by atoms with van der Waals surface area (Å²) in [7, 11) is 1.36. The molecule has 0 spiro atoms. The van der Waals surface area contributed by atoms with E-state index in [4.69, 9.17) is 9.16 Å². The van der Waals surface area contributed by atoms with Crippen LogP contribution < -0.4 is 0 Å². The maximum absolute atomic E-state index is 5.17. The summed E-state index contributed by atoms with van der Waals surface area (Å²) in [5, 5.41) is 0. The molecule has 2 nitrogen and oxygen atoms in total. The molecule has 56 valence electrons. The third kappa shape index (κ3) is 8.49. The van der Waals surface area contributed by atoms with Crippen molar-refractivity contribution in [3.63, 3.8) is 0 Å². The normalized spacial score (nSPS) is 11.3. The van der Waals surface area contributed by atoms with Crippen molar-refractivity contribution in [3.05, 3.63) is 0 Å². The van der Waals surface area contributed by atoms with Crippen molar-refractivity contribution in [1.29, 1.82) is 0 Å². The van der Waals surface area contributed by atoms with Crippen molar-refractivity contribution in [1.82, 2.24) is 0 Å². The highest BCUT2D eigenvalue weighted by Gasteiger charge is 1.86. The van der Waals surface area contributed by atoms with Crippen LogP contribution in [0.2, 0.25) is 6.04 Å². The number of hydrogen-bond donors (Lipinski definition) is 1. The van der Waals surface area contributed by atoms with Gasteiger partial charge in [0.1, 0.15) is 6.79 Å². The molecule has 0 fully saturated rings. The highest BCUT2D eigenvalue weighted by molar-refractivity contribution is 7.80. The van der Waals surface area contributed by atoms with Crippen LogP contribution in [0.5, 0.6) is 0 Å². The number of methoxy groups -OCH3 is 1. The molecule has 0 heterocycles. The Hall–Kier alpha value is 0.487. The first-order valence-electron chi connectivity index (χ1n) is 3.09. The third-order valence-corrected chi connectivity index (χ3v) is 2.46. The molecule has 0 N–H and O–H groups in total. The van der Waals surface area contributed by atoms with Gasteiger partial charge < -0.3 is 9.16 Å². The molecule has 0 unspecified atom stereocenters. The Labute approximate surface area is 64.3 Å².